The van der Waals surface area contributed by atoms with Gasteiger partial charge < -0.3 is 9.63 Å². The van der Waals surface area contributed by atoms with E-state index >= 15 is 0 Å². The molecule has 1 unspecified atom stereocenters. The molecular formula is C11H13N3O2. The number of aromatic nitrogens is 3. The fourth-order valence-electron chi connectivity index (χ4n) is 1.30. The van der Waals surface area contributed by atoms with Crippen LogP contribution >= 0.6 is 0 Å². The molecule has 2 aromatic rings. The number of nitrogens with zero attached hydrogens (tertiary/aromatic N) is 3. The zero-order chi connectivity index (χ0) is 11.4. The smallest absolute Gasteiger partial charge is 0.227 e. The first-order chi connectivity index (χ1) is 7.75. The minimum Gasteiger partial charge on any atom is -0.393 e. The monoisotopic (exact) mass is 219 g/mol. The van der Waals surface area contributed by atoms with Crippen LogP contribution in [0.25, 0.3) is 11.4 Å². The normalized spacial score (nSPS) is 12.6. The molecule has 0 saturated heterocycles. The fraction of sp³-hybridized carbons (Fsp3) is 0.364. The Kier molecular flexibility index (Phi) is 3.26. The zero-order valence-electron chi connectivity index (χ0n) is 9.00. The maximum absolute atomic E-state index is 9.14. The van der Waals surface area contributed by atoms with Crippen molar-refractivity contribution in [2.45, 2.75) is 25.9 Å². The second kappa shape index (κ2) is 4.85. The molecule has 0 saturated carbocycles. The number of pyridine rings is 1. The van der Waals surface area contributed by atoms with E-state index in [0.717, 1.165) is 5.56 Å². The number of hydrogen-bond acceptors (Lipinski definition) is 5. The molecule has 1 N–H and O–H groups in total. The van der Waals surface area contributed by atoms with Crippen LogP contribution in [-0.4, -0.2) is 26.3 Å². The highest BCUT2D eigenvalue weighted by atomic mass is 16.5. The van der Waals surface area contributed by atoms with Crippen LogP contribution in [0.5, 0.6) is 0 Å². The lowest BCUT2D eigenvalue weighted by Gasteiger charge is -1.98. The summed E-state index contributed by atoms with van der Waals surface area (Å²) in [5.41, 5.74) is 0.828. The van der Waals surface area contributed by atoms with Gasteiger partial charge in [0.2, 0.25) is 11.7 Å². The van der Waals surface area contributed by atoms with E-state index in [-0.39, 0.29) is 6.10 Å². The Morgan fingerprint density at radius 3 is 3.06 bits per heavy atom. The molecule has 0 aliphatic rings. The van der Waals surface area contributed by atoms with Crippen LogP contribution < -0.4 is 0 Å². The average molecular weight is 219 g/mol. The number of aliphatic hydroxyl groups is 1. The van der Waals surface area contributed by atoms with Gasteiger partial charge in [-0.2, -0.15) is 4.98 Å². The first-order valence-electron chi connectivity index (χ1n) is 5.17. The standard InChI is InChI=1S/C11H13N3O2/c1-8(15)4-5-10-13-11(14-16-10)9-3-2-6-12-7-9/h2-3,6-8,15H,4-5H2,1H3. The molecule has 2 aromatic heterocycles. The van der Waals surface area contributed by atoms with E-state index in [1.165, 1.54) is 0 Å². The van der Waals surface area contributed by atoms with E-state index in [1.54, 1.807) is 19.3 Å². The number of aryl methyl sites for hydroxylation is 1. The molecular weight excluding hydrogens is 206 g/mol. The van der Waals surface area contributed by atoms with Gasteiger partial charge in [-0.3, -0.25) is 4.98 Å². The number of hydrogen-bond donors (Lipinski definition) is 1. The molecule has 0 spiro atoms. The van der Waals surface area contributed by atoms with Crippen molar-refractivity contribution in [3.05, 3.63) is 30.4 Å². The van der Waals surface area contributed by atoms with Crippen molar-refractivity contribution < 1.29 is 9.63 Å². The highest BCUT2D eigenvalue weighted by Crippen LogP contribution is 2.14. The quantitative estimate of drug-likeness (QED) is 0.842. The Morgan fingerprint density at radius 2 is 2.38 bits per heavy atom. The van der Waals surface area contributed by atoms with Crippen molar-refractivity contribution in [2.75, 3.05) is 0 Å². The molecule has 0 fully saturated rings. The maximum atomic E-state index is 9.14. The summed E-state index contributed by atoms with van der Waals surface area (Å²) >= 11 is 0. The highest BCUT2D eigenvalue weighted by Gasteiger charge is 2.09. The van der Waals surface area contributed by atoms with E-state index in [1.807, 2.05) is 12.1 Å². The molecule has 0 radical (unpaired) electrons. The third-order valence-electron chi connectivity index (χ3n) is 2.16. The van der Waals surface area contributed by atoms with Gasteiger partial charge >= 0.3 is 0 Å². The van der Waals surface area contributed by atoms with E-state index in [2.05, 4.69) is 15.1 Å². The van der Waals surface area contributed by atoms with Gasteiger partial charge in [-0.05, 0) is 25.5 Å². The Hall–Kier alpha value is -1.75. The van der Waals surface area contributed by atoms with Crippen LogP contribution in [0.15, 0.2) is 29.0 Å². The first kappa shape index (κ1) is 10.8. The van der Waals surface area contributed by atoms with Crippen LogP contribution in [-0.2, 0) is 6.42 Å². The molecule has 5 heteroatoms. The molecule has 0 aliphatic carbocycles. The van der Waals surface area contributed by atoms with E-state index < -0.39 is 0 Å². The van der Waals surface area contributed by atoms with Crippen LogP contribution in [0.2, 0.25) is 0 Å². The van der Waals surface area contributed by atoms with Crippen molar-refractivity contribution in [3.63, 3.8) is 0 Å². The number of aliphatic hydroxyl groups excluding tert-OH is 1. The molecule has 16 heavy (non-hydrogen) atoms. The molecule has 5 nitrogen and oxygen atoms in total. The van der Waals surface area contributed by atoms with E-state index in [0.29, 0.717) is 24.6 Å². The maximum Gasteiger partial charge on any atom is 0.227 e. The average Bonchev–Trinajstić information content (AvgIpc) is 2.76. The Balaban J connectivity index is 2.08. The predicted octanol–water partition coefficient (Wildman–Crippen LogP) is 1.44. The van der Waals surface area contributed by atoms with Gasteiger partial charge in [0.15, 0.2) is 0 Å². The topological polar surface area (TPSA) is 72.0 Å². The van der Waals surface area contributed by atoms with Crippen molar-refractivity contribution in [1.29, 1.82) is 0 Å². The lowest BCUT2D eigenvalue weighted by molar-refractivity contribution is 0.180. The van der Waals surface area contributed by atoms with Crippen molar-refractivity contribution in [1.82, 2.24) is 15.1 Å². The van der Waals surface area contributed by atoms with Gasteiger partial charge in [0, 0.05) is 24.4 Å². The van der Waals surface area contributed by atoms with Crippen molar-refractivity contribution >= 4 is 0 Å². The fourth-order valence-corrected chi connectivity index (χ4v) is 1.30. The van der Waals surface area contributed by atoms with Gasteiger partial charge in [-0.15, -0.1) is 0 Å². The molecule has 0 aliphatic heterocycles. The Labute approximate surface area is 93.1 Å². The van der Waals surface area contributed by atoms with Crippen LogP contribution in [0.4, 0.5) is 0 Å². The minimum atomic E-state index is -0.353. The van der Waals surface area contributed by atoms with Gasteiger partial charge in [-0.25, -0.2) is 0 Å². The predicted molar refractivity (Wildman–Crippen MR) is 57.5 cm³/mol. The summed E-state index contributed by atoms with van der Waals surface area (Å²) in [7, 11) is 0. The zero-order valence-corrected chi connectivity index (χ0v) is 9.00. The van der Waals surface area contributed by atoms with Crippen LogP contribution in [0.3, 0.4) is 0 Å². The van der Waals surface area contributed by atoms with E-state index in [4.69, 9.17) is 9.63 Å². The van der Waals surface area contributed by atoms with Crippen molar-refractivity contribution in [3.8, 4) is 11.4 Å². The summed E-state index contributed by atoms with van der Waals surface area (Å²) in [5, 5.41) is 13.0. The van der Waals surface area contributed by atoms with E-state index in [9.17, 15) is 0 Å². The highest BCUT2D eigenvalue weighted by molar-refractivity contribution is 5.51. The Bertz CT molecular complexity index is 440. The van der Waals surface area contributed by atoms with Gasteiger partial charge in [-0.1, -0.05) is 5.16 Å². The Morgan fingerprint density at radius 1 is 1.50 bits per heavy atom. The summed E-state index contributed by atoms with van der Waals surface area (Å²) in [6.45, 7) is 1.73. The van der Waals surface area contributed by atoms with Gasteiger partial charge in [0.25, 0.3) is 0 Å². The molecule has 0 aromatic carbocycles. The summed E-state index contributed by atoms with van der Waals surface area (Å²) in [6.07, 6.45) is 4.23. The summed E-state index contributed by atoms with van der Waals surface area (Å²) < 4.78 is 5.07. The molecule has 2 heterocycles. The van der Waals surface area contributed by atoms with Gasteiger partial charge in [0.1, 0.15) is 0 Å². The summed E-state index contributed by atoms with van der Waals surface area (Å²) in [4.78, 5) is 8.21. The lowest BCUT2D eigenvalue weighted by Crippen LogP contribution is -2.01. The van der Waals surface area contributed by atoms with Crippen LogP contribution in [0, 0.1) is 0 Å². The lowest BCUT2D eigenvalue weighted by atomic mass is 10.2. The third kappa shape index (κ3) is 2.64. The molecule has 2 rings (SSSR count). The second-order valence-corrected chi connectivity index (χ2v) is 3.64. The largest absolute Gasteiger partial charge is 0.393 e. The molecule has 1 atom stereocenters. The third-order valence-corrected chi connectivity index (χ3v) is 2.16. The summed E-state index contributed by atoms with van der Waals surface area (Å²) in [6, 6.07) is 3.69. The first-order valence-corrected chi connectivity index (χ1v) is 5.17. The van der Waals surface area contributed by atoms with Crippen molar-refractivity contribution in [2.24, 2.45) is 0 Å². The molecule has 0 amide bonds. The SMILES string of the molecule is CC(O)CCc1nc(-c2cccnc2)no1. The molecule has 0 bridgehead atoms. The van der Waals surface area contributed by atoms with Crippen LogP contribution in [0.1, 0.15) is 19.2 Å². The minimum absolute atomic E-state index is 0.353. The second-order valence-electron chi connectivity index (χ2n) is 3.64. The summed E-state index contributed by atoms with van der Waals surface area (Å²) in [5.74, 6) is 1.08. The number of rotatable bonds is 4. The van der Waals surface area contributed by atoms with Gasteiger partial charge in [0.05, 0.1) is 6.10 Å². The molecule has 84 valence electrons.